The number of nitrogens with one attached hydrogen (secondary N) is 1. The number of hydrogen-bond acceptors (Lipinski definition) is 4. The molecule has 0 saturated carbocycles. The lowest BCUT2D eigenvalue weighted by Gasteiger charge is -2.18. The fourth-order valence-electron chi connectivity index (χ4n) is 8.02. The highest BCUT2D eigenvalue weighted by Crippen LogP contribution is 2.20. The van der Waals surface area contributed by atoms with Gasteiger partial charge in [0.1, 0.15) is 12.6 Å². The Bertz CT molecular complexity index is 962. The molecule has 6 nitrogen and oxygen atoms in total. The van der Waals surface area contributed by atoms with Gasteiger partial charge in [-0.3, -0.25) is 14.4 Å². The quantitative estimate of drug-likeness (QED) is 0.0362. The highest BCUT2D eigenvalue weighted by Gasteiger charge is 2.14. The second-order valence-electron chi connectivity index (χ2n) is 17.8. The average Bonchev–Trinajstić information content (AvgIpc) is 3.22. The molecule has 6 heteroatoms. The highest BCUT2D eigenvalue weighted by atomic mass is 16.5. The molecule has 0 radical (unpaired) electrons. The predicted octanol–water partition coefficient (Wildman–Crippen LogP) is 16.6. The smallest absolute Gasteiger partial charge is 0.322 e. The van der Waals surface area contributed by atoms with E-state index in [0.717, 1.165) is 70.6 Å². The molecule has 0 aliphatic rings. The van der Waals surface area contributed by atoms with Crippen molar-refractivity contribution in [3.05, 3.63) is 24.3 Å². The van der Waals surface area contributed by atoms with Crippen molar-refractivity contribution in [1.29, 1.82) is 0 Å². The highest BCUT2D eigenvalue weighted by molar-refractivity contribution is 5.80. The summed E-state index contributed by atoms with van der Waals surface area (Å²) in [6.07, 6.45) is 60.4. The topological polar surface area (TPSA) is 92.7 Å². The first-order valence-corrected chi connectivity index (χ1v) is 26.0. The van der Waals surface area contributed by atoms with Crippen LogP contribution in [0.1, 0.15) is 284 Å². The van der Waals surface area contributed by atoms with Gasteiger partial charge in [-0.15, -0.1) is 0 Å². The van der Waals surface area contributed by atoms with E-state index in [4.69, 9.17) is 9.84 Å². The zero-order valence-corrected chi connectivity index (χ0v) is 39.4. The molecule has 0 heterocycles. The number of unbranched alkanes of at least 4 members (excludes halogenated alkanes) is 33. The molecule has 0 saturated heterocycles. The van der Waals surface area contributed by atoms with Gasteiger partial charge in [-0.25, -0.2) is 0 Å². The van der Waals surface area contributed by atoms with E-state index in [1.807, 2.05) is 0 Å². The summed E-state index contributed by atoms with van der Waals surface area (Å²) < 4.78 is 6.07. The number of carboxylic acids is 1. The molecule has 1 unspecified atom stereocenters. The lowest BCUT2D eigenvalue weighted by molar-refractivity contribution is -0.150. The summed E-state index contributed by atoms with van der Waals surface area (Å²) in [6.45, 7) is 4.25. The number of hydrogen-bond donors (Lipinski definition) is 2. The number of carbonyl (C=O) groups is 3. The molecule has 0 aromatic rings. The maximum atomic E-state index is 12.8. The number of esters is 1. The Hall–Kier alpha value is -2.11. The summed E-state index contributed by atoms with van der Waals surface area (Å²) in [6, 6.07) is 0. The van der Waals surface area contributed by atoms with Crippen LogP contribution in [0.3, 0.4) is 0 Å². The van der Waals surface area contributed by atoms with E-state index >= 15 is 0 Å². The van der Waals surface area contributed by atoms with E-state index in [1.165, 1.54) is 186 Å². The van der Waals surface area contributed by atoms with Gasteiger partial charge in [-0.1, -0.05) is 224 Å². The van der Waals surface area contributed by atoms with Crippen LogP contribution in [0, 0.1) is 0 Å². The Labute approximate surface area is 366 Å². The van der Waals surface area contributed by atoms with Gasteiger partial charge in [0.05, 0.1) is 0 Å². The van der Waals surface area contributed by atoms with E-state index in [-0.39, 0.29) is 24.5 Å². The Morgan fingerprint density at radius 1 is 0.441 bits per heavy atom. The molecule has 2 N–H and O–H groups in total. The third-order valence-electron chi connectivity index (χ3n) is 11.9. The lowest BCUT2D eigenvalue weighted by Crippen LogP contribution is -2.28. The average molecular weight is 830 g/mol. The first-order valence-electron chi connectivity index (χ1n) is 26.0. The number of carbonyl (C=O) groups excluding carboxylic acids is 2. The summed E-state index contributed by atoms with van der Waals surface area (Å²) in [5.74, 6) is -1.21. The van der Waals surface area contributed by atoms with Crippen LogP contribution in [0.5, 0.6) is 0 Å². The van der Waals surface area contributed by atoms with Crippen LogP contribution in [0.4, 0.5) is 0 Å². The van der Waals surface area contributed by atoms with Crippen LogP contribution in [0.15, 0.2) is 24.3 Å². The maximum Gasteiger partial charge on any atom is 0.322 e. The molecule has 59 heavy (non-hydrogen) atoms. The van der Waals surface area contributed by atoms with Gasteiger partial charge < -0.3 is 15.2 Å². The third kappa shape index (κ3) is 48.4. The summed E-state index contributed by atoms with van der Waals surface area (Å²) in [4.78, 5) is 35.2. The second kappa shape index (κ2) is 48.6. The number of allylic oxidation sites excluding steroid dienone is 4. The van der Waals surface area contributed by atoms with Gasteiger partial charge in [0, 0.05) is 12.8 Å². The zero-order chi connectivity index (χ0) is 43.0. The van der Waals surface area contributed by atoms with Crippen LogP contribution < -0.4 is 5.32 Å². The summed E-state index contributed by atoms with van der Waals surface area (Å²) in [5, 5.41) is 11.1. The minimum atomic E-state index is -1.01. The minimum Gasteiger partial charge on any atom is -0.480 e. The number of carboxylic acid groups (broad SMARTS) is 1. The Kier molecular flexibility index (Phi) is 46.8. The summed E-state index contributed by atoms with van der Waals surface area (Å²) >= 11 is 0. The van der Waals surface area contributed by atoms with Gasteiger partial charge in [0.25, 0.3) is 0 Å². The van der Waals surface area contributed by atoms with Crippen LogP contribution in [-0.4, -0.2) is 35.6 Å². The normalized spacial score (nSPS) is 12.2. The fourth-order valence-corrected chi connectivity index (χ4v) is 8.02. The predicted molar refractivity (Wildman–Crippen MR) is 254 cm³/mol. The molecule has 0 aliphatic heterocycles. The zero-order valence-electron chi connectivity index (χ0n) is 39.4. The molecular formula is C53H99NO5. The van der Waals surface area contributed by atoms with Gasteiger partial charge in [0.15, 0.2) is 0 Å². The lowest BCUT2D eigenvalue weighted by atomic mass is 10.0. The number of amides is 1. The van der Waals surface area contributed by atoms with Gasteiger partial charge >= 0.3 is 11.9 Å². The van der Waals surface area contributed by atoms with Crippen LogP contribution >= 0.6 is 0 Å². The molecule has 0 aromatic heterocycles. The number of ether oxygens (including phenoxy) is 1. The standard InChI is InChI=1S/C53H99NO5/c1-3-5-7-9-11-13-15-17-19-20-21-22-23-24-25-26-27-29-31-33-35-40-44-48-53(58)59-50(46-42-38-36-39-43-47-51(55)54-49-52(56)57)45-41-37-34-32-30-28-18-16-14-12-10-8-6-4-2/h15,17,20-21,50H,3-14,16,18-19,22-49H2,1-2H3,(H,54,55)(H,56,57)/b17-15-,21-20-. The molecule has 0 aromatic carbocycles. The molecule has 0 spiro atoms. The molecule has 0 fully saturated rings. The van der Waals surface area contributed by atoms with Gasteiger partial charge in [-0.05, 0) is 70.6 Å². The van der Waals surface area contributed by atoms with Gasteiger partial charge in [0.2, 0.25) is 5.91 Å². The summed E-state index contributed by atoms with van der Waals surface area (Å²) in [7, 11) is 0. The third-order valence-corrected chi connectivity index (χ3v) is 11.9. The molecule has 0 bridgehead atoms. The van der Waals surface area contributed by atoms with Crippen molar-refractivity contribution in [3.8, 4) is 0 Å². The first-order chi connectivity index (χ1) is 29.0. The minimum absolute atomic E-state index is 0.0106. The Balaban J connectivity index is 4.04. The van der Waals surface area contributed by atoms with Crippen molar-refractivity contribution in [1.82, 2.24) is 5.32 Å². The SMILES string of the molecule is CCCCCCC/C=C\C/C=C\CCCCCCCCCCCCCC(=O)OC(CCCCCCCCCCCCCCCC)CCCCCCCC(=O)NCC(=O)O. The van der Waals surface area contributed by atoms with E-state index in [2.05, 4.69) is 43.5 Å². The van der Waals surface area contributed by atoms with Gasteiger partial charge in [-0.2, -0.15) is 0 Å². The van der Waals surface area contributed by atoms with Crippen molar-refractivity contribution in [3.63, 3.8) is 0 Å². The molecule has 0 rings (SSSR count). The molecule has 1 atom stereocenters. The molecule has 1 amide bonds. The molecule has 346 valence electrons. The van der Waals surface area contributed by atoms with Crippen molar-refractivity contribution < 1.29 is 24.2 Å². The van der Waals surface area contributed by atoms with Crippen LogP contribution in [0.2, 0.25) is 0 Å². The maximum absolute atomic E-state index is 12.8. The van der Waals surface area contributed by atoms with E-state index in [0.29, 0.717) is 12.8 Å². The van der Waals surface area contributed by atoms with E-state index in [1.54, 1.807) is 0 Å². The molecular weight excluding hydrogens is 731 g/mol. The van der Waals surface area contributed by atoms with Crippen molar-refractivity contribution >= 4 is 17.8 Å². The Morgan fingerprint density at radius 2 is 0.780 bits per heavy atom. The first kappa shape index (κ1) is 56.9. The Morgan fingerprint density at radius 3 is 1.17 bits per heavy atom. The second-order valence-corrected chi connectivity index (χ2v) is 17.8. The fraction of sp³-hybridized carbons (Fsp3) is 0.868. The van der Waals surface area contributed by atoms with Crippen LogP contribution in [0.25, 0.3) is 0 Å². The number of aliphatic carboxylic acids is 1. The van der Waals surface area contributed by atoms with Crippen LogP contribution in [-0.2, 0) is 19.1 Å². The number of rotatable bonds is 48. The van der Waals surface area contributed by atoms with Crippen molar-refractivity contribution in [2.24, 2.45) is 0 Å². The van der Waals surface area contributed by atoms with Crippen molar-refractivity contribution in [2.75, 3.05) is 6.54 Å². The monoisotopic (exact) mass is 830 g/mol. The van der Waals surface area contributed by atoms with E-state index < -0.39 is 5.97 Å². The molecule has 0 aliphatic carbocycles. The largest absolute Gasteiger partial charge is 0.480 e. The van der Waals surface area contributed by atoms with E-state index in [9.17, 15) is 14.4 Å². The van der Waals surface area contributed by atoms with Crippen molar-refractivity contribution in [2.45, 2.75) is 290 Å². The summed E-state index contributed by atoms with van der Waals surface area (Å²) in [5.41, 5.74) is 0.